The minimum Gasteiger partial charge on any atom is -0.478 e. The van der Waals surface area contributed by atoms with Gasteiger partial charge in [0.05, 0.1) is 17.0 Å². The van der Waals surface area contributed by atoms with Crippen LogP contribution in [0.4, 0.5) is 0 Å². The van der Waals surface area contributed by atoms with Gasteiger partial charge in [-0.3, -0.25) is 4.79 Å². The van der Waals surface area contributed by atoms with Gasteiger partial charge in [0.25, 0.3) is 0 Å². The molecular formula is C18H17N3O3. The summed E-state index contributed by atoms with van der Waals surface area (Å²) in [5, 5.41) is 9.84. The van der Waals surface area contributed by atoms with E-state index in [0.29, 0.717) is 28.0 Å². The Labute approximate surface area is 138 Å². The van der Waals surface area contributed by atoms with E-state index < -0.39 is 11.4 Å². The highest BCUT2D eigenvalue weighted by Gasteiger charge is 2.25. The van der Waals surface area contributed by atoms with Gasteiger partial charge in [-0.2, -0.15) is 0 Å². The highest BCUT2D eigenvalue weighted by Crippen LogP contribution is 2.29. The van der Waals surface area contributed by atoms with Crippen molar-refractivity contribution in [1.29, 1.82) is 0 Å². The van der Waals surface area contributed by atoms with E-state index in [1.807, 2.05) is 20.8 Å². The molecule has 0 bridgehead atoms. The van der Waals surface area contributed by atoms with Crippen LogP contribution >= 0.6 is 0 Å². The van der Waals surface area contributed by atoms with Crippen molar-refractivity contribution in [3.05, 3.63) is 47.9 Å². The van der Waals surface area contributed by atoms with Gasteiger partial charge in [0.2, 0.25) is 0 Å². The molecule has 0 unspecified atom stereocenters. The molecule has 0 saturated heterocycles. The topological polar surface area (TPSA) is 95.9 Å². The van der Waals surface area contributed by atoms with E-state index in [0.717, 1.165) is 0 Å². The second-order valence-corrected chi connectivity index (χ2v) is 6.63. The zero-order chi connectivity index (χ0) is 17.5. The third-order valence-electron chi connectivity index (χ3n) is 3.73. The summed E-state index contributed by atoms with van der Waals surface area (Å²) in [4.78, 5) is 35.1. The lowest BCUT2D eigenvalue weighted by Gasteiger charge is -2.14. The van der Waals surface area contributed by atoms with Crippen LogP contribution in [0, 0.1) is 5.41 Å². The number of benzene rings is 1. The zero-order valence-electron chi connectivity index (χ0n) is 13.6. The molecule has 2 N–H and O–H groups in total. The van der Waals surface area contributed by atoms with Crippen molar-refractivity contribution < 1.29 is 14.7 Å². The SMILES string of the molecule is CC(C)(C)C(=O)c1cc2c(-c3cccc(C(=O)O)c3)ncnc2[nH]1. The van der Waals surface area contributed by atoms with Crippen molar-refractivity contribution in [2.75, 3.05) is 0 Å². The number of carboxylic acid groups (broad SMARTS) is 1. The first-order valence-electron chi connectivity index (χ1n) is 7.49. The van der Waals surface area contributed by atoms with Gasteiger partial charge in [0, 0.05) is 16.4 Å². The van der Waals surface area contributed by atoms with Gasteiger partial charge >= 0.3 is 5.97 Å². The number of hydrogen-bond acceptors (Lipinski definition) is 4. The Hall–Kier alpha value is -3.02. The molecule has 0 spiro atoms. The van der Waals surface area contributed by atoms with Gasteiger partial charge in [0.1, 0.15) is 12.0 Å². The molecule has 0 radical (unpaired) electrons. The molecule has 0 aliphatic heterocycles. The number of rotatable bonds is 3. The third-order valence-corrected chi connectivity index (χ3v) is 3.73. The summed E-state index contributed by atoms with van der Waals surface area (Å²) in [6.07, 6.45) is 1.40. The van der Waals surface area contributed by atoms with Crippen molar-refractivity contribution in [2.24, 2.45) is 5.41 Å². The number of aromatic nitrogens is 3. The summed E-state index contributed by atoms with van der Waals surface area (Å²) in [5.41, 5.74) is 1.93. The van der Waals surface area contributed by atoms with E-state index in [4.69, 9.17) is 5.11 Å². The number of ketones is 1. The molecule has 2 aromatic heterocycles. The molecule has 3 aromatic rings. The van der Waals surface area contributed by atoms with Gasteiger partial charge in [-0.15, -0.1) is 0 Å². The van der Waals surface area contributed by atoms with Crippen LogP contribution in [0.5, 0.6) is 0 Å². The average molecular weight is 323 g/mol. The van der Waals surface area contributed by atoms with Crippen molar-refractivity contribution >= 4 is 22.8 Å². The number of nitrogens with zero attached hydrogens (tertiary/aromatic N) is 2. The van der Waals surface area contributed by atoms with Crippen molar-refractivity contribution in [2.45, 2.75) is 20.8 Å². The minimum absolute atomic E-state index is 0.0225. The summed E-state index contributed by atoms with van der Waals surface area (Å²) in [7, 11) is 0. The van der Waals surface area contributed by atoms with Gasteiger partial charge in [-0.1, -0.05) is 32.9 Å². The van der Waals surface area contributed by atoms with E-state index >= 15 is 0 Å². The molecule has 0 aliphatic carbocycles. The number of carbonyl (C=O) groups excluding carboxylic acids is 1. The molecule has 0 saturated carbocycles. The number of aromatic carboxylic acids is 1. The number of carboxylic acids is 1. The zero-order valence-corrected chi connectivity index (χ0v) is 13.6. The quantitative estimate of drug-likeness (QED) is 0.719. The molecule has 6 nitrogen and oxygen atoms in total. The number of H-pyrrole nitrogens is 1. The van der Waals surface area contributed by atoms with Crippen molar-refractivity contribution in [3.8, 4) is 11.3 Å². The van der Waals surface area contributed by atoms with Crippen LogP contribution < -0.4 is 0 Å². The highest BCUT2D eigenvalue weighted by atomic mass is 16.4. The maximum atomic E-state index is 12.5. The Kier molecular flexibility index (Phi) is 3.67. The normalized spacial score (nSPS) is 11.6. The Balaban J connectivity index is 2.16. The molecule has 6 heteroatoms. The number of carbonyl (C=O) groups is 2. The van der Waals surface area contributed by atoms with Gasteiger partial charge < -0.3 is 10.1 Å². The molecule has 0 amide bonds. The lowest BCUT2D eigenvalue weighted by atomic mass is 9.89. The molecule has 24 heavy (non-hydrogen) atoms. The van der Waals surface area contributed by atoms with E-state index in [1.54, 1.807) is 24.3 Å². The molecule has 2 heterocycles. The highest BCUT2D eigenvalue weighted by molar-refractivity contribution is 6.04. The summed E-state index contributed by atoms with van der Waals surface area (Å²) in [6, 6.07) is 8.26. The molecule has 1 aromatic carbocycles. The van der Waals surface area contributed by atoms with Crippen LogP contribution in [0.1, 0.15) is 41.6 Å². The summed E-state index contributed by atoms with van der Waals surface area (Å²) >= 11 is 0. The second kappa shape index (κ2) is 5.56. The summed E-state index contributed by atoms with van der Waals surface area (Å²) in [6.45, 7) is 5.55. The Morgan fingerprint density at radius 3 is 2.54 bits per heavy atom. The lowest BCUT2D eigenvalue weighted by Crippen LogP contribution is -2.20. The number of Topliss-reactive ketones (excluding diaryl/α,β-unsaturated/α-hetero) is 1. The molecule has 0 aliphatic rings. The van der Waals surface area contributed by atoms with Crippen LogP contribution in [0.2, 0.25) is 0 Å². The summed E-state index contributed by atoms with van der Waals surface area (Å²) < 4.78 is 0. The fourth-order valence-electron chi connectivity index (χ4n) is 2.50. The first-order valence-corrected chi connectivity index (χ1v) is 7.49. The Bertz CT molecular complexity index is 952. The second-order valence-electron chi connectivity index (χ2n) is 6.63. The van der Waals surface area contributed by atoms with E-state index in [1.165, 1.54) is 12.4 Å². The van der Waals surface area contributed by atoms with Crippen molar-refractivity contribution in [1.82, 2.24) is 15.0 Å². The third kappa shape index (κ3) is 2.78. The predicted molar refractivity (Wildman–Crippen MR) is 90.1 cm³/mol. The molecule has 3 rings (SSSR count). The van der Waals surface area contributed by atoms with Crippen LogP contribution in [0.3, 0.4) is 0 Å². The van der Waals surface area contributed by atoms with Gasteiger partial charge in [-0.25, -0.2) is 14.8 Å². The van der Waals surface area contributed by atoms with E-state index in [9.17, 15) is 9.59 Å². The number of aromatic amines is 1. The Morgan fingerprint density at radius 2 is 1.88 bits per heavy atom. The number of fused-ring (bicyclic) bond motifs is 1. The number of nitrogens with one attached hydrogen (secondary N) is 1. The molecule has 0 fully saturated rings. The fraction of sp³-hybridized carbons (Fsp3) is 0.222. The van der Waals surface area contributed by atoms with E-state index in [2.05, 4.69) is 15.0 Å². The number of hydrogen-bond donors (Lipinski definition) is 2. The van der Waals surface area contributed by atoms with Gasteiger partial charge in [0.15, 0.2) is 5.78 Å². The van der Waals surface area contributed by atoms with Crippen LogP contribution in [-0.4, -0.2) is 31.8 Å². The smallest absolute Gasteiger partial charge is 0.335 e. The summed E-state index contributed by atoms with van der Waals surface area (Å²) in [5.74, 6) is -1.02. The van der Waals surface area contributed by atoms with Crippen molar-refractivity contribution in [3.63, 3.8) is 0 Å². The van der Waals surface area contributed by atoms with Gasteiger partial charge in [-0.05, 0) is 18.2 Å². The van der Waals surface area contributed by atoms with Crippen LogP contribution in [-0.2, 0) is 0 Å². The first kappa shape index (κ1) is 15.9. The predicted octanol–water partition coefficient (Wildman–Crippen LogP) is 3.55. The fourth-order valence-corrected chi connectivity index (χ4v) is 2.50. The standard InChI is InChI=1S/C18H17N3O3/c1-18(2,3)15(22)13-8-12-14(19-9-20-16(12)21-13)10-5-4-6-11(7-10)17(23)24/h4-9H,1-3H3,(H,23,24)(H,19,20,21). The molecule has 122 valence electrons. The maximum Gasteiger partial charge on any atom is 0.335 e. The maximum absolute atomic E-state index is 12.5. The minimum atomic E-state index is -1.00. The largest absolute Gasteiger partial charge is 0.478 e. The molecular weight excluding hydrogens is 306 g/mol. The van der Waals surface area contributed by atoms with E-state index in [-0.39, 0.29) is 11.3 Å². The monoisotopic (exact) mass is 323 g/mol. The molecule has 0 atom stereocenters. The van der Waals surface area contributed by atoms with Crippen LogP contribution in [0.15, 0.2) is 36.7 Å². The average Bonchev–Trinajstić information content (AvgIpc) is 2.97. The van der Waals surface area contributed by atoms with Crippen LogP contribution in [0.25, 0.3) is 22.3 Å². The lowest BCUT2D eigenvalue weighted by molar-refractivity contribution is 0.0696. The first-order chi connectivity index (χ1) is 11.3. The Morgan fingerprint density at radius 1 is 1.12 bits per heavy atom.